The van der Waals surface area contributed by atoms with Gasteiger partial charge < -0.3 is 19.5 Å². The molecule has 1 saturated carbocycles. The van der Waals surface area contributed by atoms with Gasteiger partial charge in [-0.2, -0.15) is 0 Å². The van der Waals surface area contributed by atoms with E-state index >= 15 is 0 Å². The third kappa shape index (κ3) is 5.06. The minimum absolute atomic E-state index is 0.0386. The average molecular weight is 520 g/mol. The van der Waals surface area contributed by atoms with E-state index in [1.807, 2.05) is 25.1 Å². The van der Waals surface area contributed by atoms with Gasteiger partial charge in [0.2, 0.25) is 0 Å². The molecular weight excluding hydrogens is 485 g/mol. The van der Waals surface area contributed by atoms with Crippen molar-refractivity contribution in [2.24, 2.45) is 0 Å². The second-order valence-corrected chi connectivity index (χ2v) is 10.3. The number of ether oxygens (including phenoxy) is 3. The van der Waals surface area contributed by atoms with E-state index in [-0.39, 0.29) is 30.0 Å². The summed E-state index contributed by atoms with van der Waals surface area (Å²) in [7, 11) is 3.18. The lowest BCUT2D eigenvalue weighted by molar-refractivity contribution is -0.146. The van der Waals surface area contributed by atoms with Crippen LogP contribution in [0.2, 0.25) is 0 Å². The highest BCUT2D eigenvalue weighted by atomic mass is 19.1. The third-order valence-electron chi connectivity index (χ3n) is 7.96. The minimum atomic E-state index is -0.609. The Hall–Kier alpha value is -3.61. The van der Waals surface area contributed by atoms with Gasteiger partial charge in [-0.15, -0.1) is 0 Å². The summed E-state index contributed by atoms with van der Waals surface area (Å²) in [6.07, 6.45) is 5.72. The molecule has 2 atom stereocenters. The third-order valence-corrected chi connectivity index (χ3v) is 7.96. The van der Waals surface area contributed by atoms with Crippen LogP contribution in [0.5, 0.6) is 11.5 Å². The first-order valence-corrected chi connectivity index (χ1v) is 13.3. The molecule has 6 nitrogen and oxygen atoms in total. The Morgan fingerprint density at radius 2 is 1.61 bits per heavy atom. The maximum absolute atomic E-state index is 13.8. The fourth-order valence-corrected chi connectivity index (χ4v) is 6.04. The van der Waals surface area contributed by atoms with Crippen LogP contribution in [0.15, 0.2) is 65.0 Å². The van der Waals surface area contributed by atoms with E-state index in [2.05, 4.69) is 5.32 Å². The first-order valence-electron chi connectivity index (χ1n) is 13.3. The first-order chi connectivity index (χ1) is 18.4. The second-order valence-electron chi connectivity index (χ2n) is 10.3. The standard InChI is InChI=1S/C31H34FNO5/c1-18-28(31(35)38-23-7-5-4-6-8-23)29(19-9-12-22(32)13-10-19)30-24(33-18)15-21(16-25(30)34)20-11-14-26(36-2)27(17-20)37-3/h9-14,17,21,23,29,33H,4-8,15-16H2,1-3H3/t21-,29+/m0/s1. The van der Waals surface area contributed by atoms with Gasteiger partial charge in [0.05, 0.1) is 19.8 Å². The molecule has 0 saturated heterocycles. The molecule has 2 aromatic carbocycles. The Kier molecular flexibility index (Phi) is 7.54. The molecule has 0 radical (unpaired) electrons. The summed E-state index contributed by atoms with van der Waals surface area (Å²) in [5.41, 5.74) is 4.13. The van der Waals surface area contributed by atoms with E-state index in [4.69, 9.17) is 14.2 Å². The number of esters is 1. The van der Waals surface area contributed by atoms with Gasteiger partial charge in [-0.25, -0.2) is 9.18 Å². The number of carbonyl (C=O) groups is 2. The summed E-state index contributed by atoms with van der Waals surface area (Å²) in [5.74, 6) is -0.242. The number of ketones is 1. The Bertz CT molecular complexity index is 1290. The number of halogens is 1. The van der Waals surface area contributed by atoms with Gasteiger partial charge in [0.15, 0.2) is 17.3 Å². The zero-order chi connectivity index (χ0) is 26.8. The zero-order valence-electron chi connectivity index (χ0n) is 22.1. The van der Waals surface area contributed by atoms with Crippen molar-refractivity contribution in [3.8, 4) is 11.5 Å². The van der Waals surface area contributed by atoms with Crippen molar-refractivity contribution in [2.45, 2.75) is 69.8 Å². The van der Waals surface area contributed by atoms with E-state index in [1.54, 1.807) is 26.4 Å². The van der Waals surface area contributed by atoms with Crippen molar-refractivity contribution in [3.63, 3.8) is 0 Å². The molecular formula is C31H34FNO5. The van der Waals surface area contributed by atoms with Crippen molar-refractivity contribution in [1.82, 2.24) is 5.32 Å². The van der Waals surface area contributed by atoms with Gasteiger partial charge in [-0.3, -0.25) is 4.79 Å². The van der Waals surface area contributed by atoms with Crippen LogP contribution in [0, 0.1) is 5.82 Å². The average Bonchev–Trinajstić information content (AvgIpc) is 2.92. The fraction of sp³-hybridized carbons (Fsp3) is 0.419. The van der Waals surface area contributed by atoms with E-state index in [0.717, 1.165) is 43.4 Å². The van der Waals surface area contributed by atoms with Gasteiger partial charge in [-0.1, -0.05) is 24.6 Å². The number of allylic oxidation sites excluding steroid dienone is 3. The number of hydrogen-bond acceptors (Lipinski definition) is 6. The molecule has 0 aromatic heterocycles. The second kappa shape index (κ2) is 11.0. The van der Waals surface area contributed by atoms with Crippen molar-refractivity contribution >= 4 is 11.8 Å². The summed E-state index contributed by atoms with van der Waals surface area (Å²) in [4.78, 5) is 27.4. The molecule has 0 unspecified atom stereocenters. The van der Waals surface area contributed by atoms with Crippen LogP contribution in [-0.4, -0.2) is 32.1 Å². The SMILES string of the molecule is COc1ccc([C@@H]2CC(=O)C3=C(C2)NC(C)=C(C(=O)OC2CCCCC2)[C@H]3c2ccc(F)cc2)cc1OC. The highest BCUT2D eigenvalue weighted by molar-refractivity contribution is 6.04. The van der Waals surface area contributed by atoms with Crippen LogP contribution in [0.3, 0.4) is 0 Å². The van der Waals surface area contributed by atoms with Crippen LogP contribution < -0.4 is 14.8 Å². The first kappa shape index (κ1) is 26.0. The molecule has 5 rings (SSSR count). The number of Topliss-reactive ketones (excluding diaryl/α,β-unsaturated/α-hetero) is 1. The van der Waals surface area contributed by atoms with Gasteiger partial charge in [0.25, 0.3) is 0 Å². The van der Waals surface area contributed by atoms with Crippen LogP contribution in [0.1, 0.15) is 74.8 Å². The summed E-state index contributed by atoms with van der Waals surface area (Å²) >= 11 is 0. The molecule has 1 N–H and O–H groups in total. The molecule has 3 aliphatic rings. The lowest BCUT2D eigenvalue weighted by Gasteiger charge is -2.37. The highest BCUT2D eigenvalue weighted by Crippen LogP contribution is 2.46. The van der Waals surface area contributed by atoms with E-state index < -0.39 is 11.9 Å². The number of rotatable bonds is 6. The van der Waals surface area contributed by atoms with Crippen LogP contribution in [0.4, 0.5) is 4.39 Å². The van der Waals surface area contributed by atoms with Crippen molar-refractivity contribution in [3.05, 3.63) is 81.9 Å². The maximum atomic E-state index is 13.8. The number of carbonyl (C=O) groups excluding carboxylic acids is 2. The quantitative estimate of drug-likeness (QED) is 0.466. The largest absolute Gasteiger partial charge is 0.493 e. The van der Waals surface area contributed by atoms with Gasteiger partial charge in [0.1, 0.15) is 11.9 Å². The Morgan fingerprint density at radius 3 is 2.29 bits per heavy atom. The lowest BCUT2D eigenvalue weighted by atomic mass is 9.71. The number of benzene rings is 2. The predicted molar refractivity (Wildman–Crippen MR) is 141 cm³/mol. The summed E-state index contributed by atoms with van der Waals surface area (Å²) in [6, 6.07) is 11.8. The molecule has 38 heavy (non-hydrogen) atoms. The molecule has 1 aliphatic heterocycles. The van der Waals surface area contributed by atoms with Crippen molar-refractivity contribution in [2.75, 3.05) is 14.2 Å². The minimum Gasteiger partial charge on any atom is -0.493 e. The van der Waals surface area contributed by atoms with Crippen LogP contribution >= 0.6 is 0 Å². The van der Waals surface area contributed by atoms with Gasteiger partial charge in [0, 0.05) is 29.3 Å². The topological polar surface area (TPSA) is 73.9 Å². The molecule has 1 fully saturated rings. The molecule has 7 heteroatoms. The van der Waals surface area contributed by atoms with Crippen LogP contribution in [-0.2, 0) is 14.3 Å². The Morgan fingerprint density at radius 1 is 0.921 bits per heavy atom. The number of hydrogen-bond donors (Lipinski definition) is 1. The molecule has 200 valence electrons. The predicted octanol–water partition coefficient (Wildman–Crippen LogP) is 6.08. The zero-order valence-corrected chi connectivity index (χ0v) is 22.1. The molecule has 0 amide bonds. The molecule has 2 aromatic rings. The van der Waals surface area contributed by atoms with E-state index in [0.29, 0.717) is 40.3 Å². The number of nitrogens with one attached hydrogen (secondary N) is 1. The Balaban J connectivity index is 1.51. The highest BCUT2D eigenvalue weighted by Gasteiger charge is 2.42. The fourth-order valence-electron chi connectivity index (χ4n) is 6.04. The molecule has 2 aliphatic carbocycles. The smallest absolute Gasteiger partial charge is 0.337 e. The van der Waals surface area contributed by atoms with E-state index in [9.17, 15) is 14.0 Å². The molecule has 0 bridgehead atoms. The summed E-state index contributed by atoms with van der Waals surface area (Å²) in [5, 5.41) is 3.39. The Labute approximate surface area is 222 Å². The maximum Gasteiger partial charge on any atom is 0.337 e. The van der Waals surface area contributed by atoms with Crippen molar-refractivity contribution in [1.29, 1.82) is 0 Å². The normalized spacial score (nSPS) is 22.1. The summed E-state index contributed by atoms with van der Waals surface area (Å²) in [6.45, 7) is 1.85. The molecule has 1 heterocycles. The van der Waals surface area contributed by atoms with E-state index in [1.165, 1.54) is 12.1 Å². The molecule has 0 spiro atoms. The van der Waals surface area contributed by atoms with Crippen molar-refractivity contribution < 1.29 is 28.2 Å². The lowest BCUT2D eigenvalue weighted by Crippen LogP contribution is -2.37. The summed E-state index contributed by atoms with van der Waals surface area (Å²) < 4.78 is 30.7. The number of dihydropyridines is 1. The number of methoxy groups -OCH3 is 2. The van der Waals surface area contributed by atoms with Gasteiger partial charge in [-0.05, 0) is 80.3 Å². The monoisotopic (exact) mass is 519 g/mol. The van der Waals surface area contributed by atoms with Crippen LogP contribution in [0.25, 0.3) is 0 Å². The van der Waals surface area contributed by atoms with Gasteiger partial charge >= 0.3 is 5.97 Å².